The zero-order chi connectivity index (χ0) is 21.4. The normalized spacial score (nSPS) is 10.6. The first-order valence-corrected chi connectivity index (χ1v) is 9.39. The van der Waals surface area contributed by atoms with Crippen LogP contribution in [0.1, 0.15) is 25.8 Å². The van der Waals surface area contributed by atoms with Gasteiger partial charge in [-0.3, -0.25) is 9.59 Å². The number of methoxy groups -OCH3 is 2. The molecule has 0 aliphatic rings. The Kier molecular flexibility index (Phi) is 8.00. The second-order valence-electron chi connectivity index (χ2n) is 6.86. The maximum absolute atomic E-state index is 13.0. The number of amides is 2. The molecule has 0 radical (unpaired) electrons. The van der Waals surface area contributed by atoms with Crippen LogP contribution in [0, 0.1) is 5.82 Å². The standard InChI is InChI=1S/C22H27FN2O4/c1-15(2)25(14-21(26)24-18-9-7-17(23)8-10-18)22(27)12-6-16-5-11-19(28-3)20(13-16)29-4/h5,7-11,13,15H,6,12,14H2,1-4H3,(H,24,26). The van der Waals surface area contributed by atoms with E-state index in [1.807, 2.05) is 26.0 Å². The lowest BCUT2D eigenvalue weighted by atomic mass is 10.1. The van der Waals surface area contributed by atoms with Crippen LogP contribution < -0.4 is 14.8 Å². The molecule has 0 aromatic heterocycles. The molecule has 0 saturated heterocycles. The second kappa shape index (κ2) is 10.5. The van der Waals surface area contributed by atoms with Crippen LogP contribution in [0.15, 0.2) is 42.5 Å². The fraction of sp³-hybridized carbons (Fsp3) is 0.364. The molecular formula is C22H27FN2O4. The lowest BCUT2D eigenvalue weighted by molar-refractivity contribution is -0.136. The van der Waals surface area contributed by atoms with E-state index >= 15 is 0 Å². The minimum atomic E-state index is -0.378. The third-order valence-corrected chi connectivity index (χ3v) is 4.46. The molecule has 0 bridgehead atoms. The first-order chi connectivity index (χ1) is 13.8. The molecular weight excluding hydrogens is 375 g/mol. The average molecular weight is 402 g/mol. The molecule has 0 atom stereocenters. The Morgan fingerprint density at radius 2 is 1.69 bits per heavy atom. The number of nitrogens with zero attached hydrogens (tertiary/aromatic N) is 1. The van der Waals surface area contributed by atoms with Gasteiger partial charge in [-0.15, -0.1) is 0 Å². The van der Waals surface area contributed by atoms with Crippen molar-refractivity contribution in [1.82, 2.24) is 4.90 Å². The third-order valence-electron chi connectivity index (χ3n) is 4.46. The average Bonchev–Trinajstić information content (AvgIpc) is 2.71. The van der Waals surface area contributed by atoms with Crippen LogP contribution in [-0.4, -0.2) is 43.5 Å². The van der Waals surface area contributed by atoms with Gasteiger partial charge in [0, 0.05) is 18.2 Å². The smallest absolute Gasteiger partial charge is 0.244 e. The molecule has 2 amide bonds. The molecule has 0 unspecified atom stereocenters. The molecule has 2 aromatic carbocycles. The van der Waals surface area contributed by atoms with Gasteiger partial charge in [-0.05, 0) is 62.2 Å². The molecule has 7 heteroatoms. The van der Waals surface area contributed by atoms with Gasteiger partial charge in [-0.1, -0.05) is 6.07 Å². The first-order valence-electron chi connectivity index (χ1n) is 9.39. The zero-order valence-electron chi connectivity index (χ0n) is 17.2. The third kappa shape index (κ3) is 6.48. The molecule has 2 aromatic rings. The lowest BCUT2D eigenvalue weighted by Crippen LogP contribution is -2.42. The Hall–Kier alpha value is -3.09. The Bertz CT molecular complexity index is 837. The highest BCUT2D eigenvalue weighted by Gasteiger charge is 2.20. The summed E-state index contributed by atoms with van der Waals surface area (Å²) in [4.78, 5) is 26.6. The molecule has 0 aliphatic carbocycles. The quantitative estimate of drug-likeness (QED) is 0.695. The minimum Gasteiger partial charge on any atom is -0.493 e. The molecule has 0 aliphatic heterocycles. The largest absolute Gasteiger partial charge is 0.493 e. The van der Waals surface area contributed by atoms with Gasteiger partial charge in [-0.25, -0.2) is 4.39 Å². The number of aryl methyl sites for hydroxylation is 1. The summed E-state index contributed by atoms with van der Waals surface area (Å²) >= 11 is 0. The number of nitrogens with one attached hydrogen (secondary N) is 1. The number of anilines is 1. The minimum absolute atomic E-state index is 0.0696. The fourth-order valence-corrected chi connectivity index (χ4v) is 2.88. The summed E-state index contributed by atoms with van der Waals surface area (Å²) in [6.45, 7) is 3.65. The monoisotopic (exact) mass is 402 g/mol. The van der Waals surface area contributed by atoms with Crippen LogP contribution in [0.4, 0.5) is 10.1 Å². The van der Waals surface area contributed by atoms with Crippen LogP contribution >= 0.6 is 0 Å². The van der Waals surface area contributed by atoms with E-state index in [-0.39, 0.29) is 36.6 Å². The summed E-state index contributed by atoms with van der Waals surface area (Å²) in [5, 5.41) is 2.68. The number of ether oxygens (including phenoxy) is 2. The molecule has 156 valence electrons. The van der Waals surface area contributed by atoms with Crippen molar-refractivity contribution >= 4 is 17.5 Å². The van der Waals surface area contributed by atoms with Gasteiger partial charge in [0.05, 0.1) is 14.2 Å². The van der Waals surface area contributed by atoms with Crippen LogP contribution in [0.3, 0.4) is 0 Å². The molecule has 0 heterocycles. The van der Waals surface area contributed by atoms with Crippen LogP contribution in [0.25, 0.3) is 0 Å². The van der Waals surface area contributed by atoms with E-state index in [4.69, 9.17) is 9.47 Å². The lowest BCUT2D eigenvalue weighted by Gasteiger charge is -2.26. The van der Waals surface area contributed by atoms with E-state index < -0.39 is 0 Å². The van der Waals surface area contributed by atoms with Gasteiger partial charge in [0.1, 0.15) is 12.4 Å². The van der Waals surface area contributed by atoms with Crippen molar-refractivity contribution in [1.29, 1.82) is 0 Å². The number of carbonyl (C=O) groups is 2. The number of benzene rings is 2. The summed E-state index contributed by atoms with van der Waals surface area (Å²) in [5.74, 6) is 0.409. The molecule has 6 nitrogen and oxygen atoms in total. The molecule has 0 fully saturated rings. The Morgan fingerprint density at radius 3 is 2.28 bits per heavy atom. The highest BCUT2D eigenvalue weighted by molar-refractivity contribution is 5.94. The molecule has 0 spiro atoms. The molecule has 0 saturated carbocycles. The fourth-order valence-electron chi connectivity index (χ4n) is 2.88. The second-order valence-corrected chi connectivity index (χ2v) is 6.86. The van der Waals surface area contributed by atoms with E-state index in [0.29, 0.717) is 23.6 Å². The maximum atomic E-state index is 13.0. The van der Waals surface area contributed by atoms with E-state index in [1.54, 1.807) is 20.3 Å². The van der Waals surface area contributed by atoms with E-state index in [0.717, 1.165) is 5.56 Å². The number of hydrogen-bond donors (Lipinski definition) is 1. The Balaban J connectivity index is 1.96. The summed E-state index contributed by atoms with van der Waals surface area (Å²) in [5.41, 5.74) is 1.42. The predicted molar refractivity (Wildman–Crippen MR) is 110 cm³/mol. The van der Waals surface area contributed by atoms with Crippen LogP contribution in [0.2, 0.25) is 0 Å². The van der Waals surface area contributed by atoms with Crippen molar-refractivity contribution in [3.63, 3.8) is 0 Å². The van der Waals surface area contributed by atoms with E-state index in [2.05, 4.69) is 5.32 Å². The first kappa shape index (κ1) is 22.2. The number of rotatable bonds is 9. The van der Waals surface area contributed by atoms with E-state index in [1.165, 1.54) is 29.2 Å². The molecule has 1 N–H and O–H groups in total. The Labute approximate surface area is 170 Å². The van der Waals surface area contributed by atoms with Crippen LogP contribution in [-0.2, 0) is 16.0 Å². The summed E-state index contributed by atoms with van der Waals surface area (Å²) < 4.78 is 23.5. The van der Waals surface area contributed by atoms with Crippen molar-refractivity contribution in [2.24, 2.45) is 0 Å². The summed E-state index contributed by atoms with van der Waals surface area (Å²) in [6, 6.07) is 10.9. The SMILES string of the molecule is COc1ccc(CCC(=O)N(CC(=O)Nc2ccc(F)cc2)C(C)C)cc1OC. The Morgan fingerprint density at radius 1 is 1.03 bits per heavy atom. The molecule has 29 heavy (non-hydrogen) atoms. The number of hydrogen-bond acceptors (Lipinski definition) is 4. The van der Waals surface area contributed by atoms with Crippen molar-refractivity contribution in [2.45, 2.75) is 32.7 Å². The van der Waals surface area contributed by atoms with Crippen molar-refractivity contribution in [2.75, 3.05) is 26.1 Å². The van der Waals surface area contributed by atoms with Gasteiger partial charge in [0.2, 0.25) is 11.8 Å². The van der Waals surface area contributed by atoms with Crippen molar-refractivity contribution in [3.05, 3.63) is 53.8 Å². The summed E-state index contributed by atoms with van der Waals surface area (Å²) in [6.07, 6.45) is 0.777. The highest BCUT2D eigenvalue weighted by Crippen LogP contribution is 2.28. The highest BCUT2D eigenvalue weighted by atomic mass is 19.1. The predicted octanol–water partition coefficient (Wildman–Crippen LogP) is 3.65. The topological polar surface area (TPSA) is 67.9 Å². The number of halogens is 1. The van der Waals surface area contributed by atoms with Crippen molar-refractivity contribution in [3.8, 4) is 11.5 Å². The summed E-state index contributed by atoms with van der Waals surface area (Å²) in [7, 11) is 3.13. The van der Waals surface area contributed by atoms with Gasteiger partial charge in [0.15, 0.2) is 11.5 Å². The number of carbonyl (C=O) groups excluding carboxylic acids is 2. The van der Waals surface area contributed by atoms with Gasteiger partial charge in [0.25, 0.3) is 0 Å². The van der Waals surface area contributed by atoms with Crippen LogP contribution in [0.5, 0.6) is 11.5 Å². The van der Waals surface area contributed by atoms with E-state index in [9.17, 15) is 14.0 Å². The maximum Gasteiger partial charge on any atom is 0.244 e. The van der Waals surface area contributed by atoms with Gasteiger partial charge < -0.3 is 19.7 Å². The zero-order valence-corrected chi connectivity index (χ0v) is 17.2. The van der Waals surface area contributed by atoms with Crippen molar-refractivity contribution < 1.29 is 23.5 Å². The van der Waals surface area contributed by atoms with Gasteiger partial charge >= 0.3 is 0 Å². The molecule has 2 rings (SSSR count). The van der Waals surface area contributed by atoms with Gasteiger partial charge in [-0.2, -0.15) is 0 Å².